The number of fused-ring (bicyclic) bond motifs is 1. The average Bonchev–Trinajstić information content (AvgIpc) is 2.56. The number of ether oxygens (including phenoxy) is 1. The molecule has 0 spiro atoms. The van der Waals surface area contributed by atoms with Crippen LogP contribution in [0.5, 0.6) is 11.5 Å². The Kier molecular flexibility index (Phi) is 3.70. The fourth-order valence-corrected chi connectivity index (χ4v) is 2.35. The van der Waals surface area contributed by atoms with Crippen molar-refractivity contribution in [3.63, 3.8) is 0 Å². The molecule has 3 aromatic rings. The standard InChI is InChI=1S/C17H17N3O2/c1-22-12-4-7-16(21)11(9-12)10-20-15-6-5-14-13(17(15)18)3-2-8-19-14/h2-9,20-21H,10,18H2,1H3. The number of nitrogens with one attached hydrogen (secondary N) is 1. The molecule has 5 nitrogen and oxygen atoms in total. The van der Waals surface area contributed by atoms with E-state index in [-0.39, 0.29) is 5.75 Å². The van der Waals surface area contributed by atoms with E-state index in [2.05, 4.69) is 10.3 Å². The van der Waals surface area contributed by atoms with Crippen molar-refractivity contribution in [3.05, 3.63) is 54.2 Å². The molecule has 3 rings (SSSR count). The fraction of sp³-hybridized carbons (Fsp3) is 0.118. The molecule has 5 heteroatoms. The van der Waals surface area contributed by atoms with Crippen molar-refractivity contribution >= 4 is 22.3 Å². The summed E-state index contributed by atoms with van der Waals surface area (Å²) in [5, 5.41) is 14.1. The molecular formula is C17H17N3O2. The Morgan fingerprint density at radius 1 is 1.23 bits per heavy atom. The third-order valence-corrected chi connectivity index (χ3v) is 3.58. The zero-order valence-corrected chi connectivity index (χ0v) is 12.2. The van der Waals surface area contributed by atoms with E-state index in [1.165, 1.54) is 0 Å². The molecule has 0 amide bonds. The number of nitrogen functional groups attached to an aromatic ring is 1. The van der Waals surface area contributed by atoms with Gasteiger partial charge in [-0.05, 0) is 42.5 Å². The van der Waals surface area contributed by atoms with Crippen LogP contribution >= 0.6 is 0 Å². The number of nitrogens with two attached hydrogens (primary N) is 1. The zero-order valence-electron chi connectivity index (χ0n) is 12.2. The normalized spacial score (nSPS) is 10.6. The first-order valence-corrected chi connectivity index (χ1v) is 6.92. The number of nitrogens with zero attached hydrogens (tertiary/aromatic N) is 1. The van der Waals surface area contributed by atoms with Gasteiger partial charge < -0.3 is 20.9 Å². The smallest absolute Gasteiger partial charge is 0.120 e. The summed E-state index contributed by atoms with van der Waals surface area (Å²) in [6, 6.07) is 12.7. The summed E-state index contributed by atoms with van der Waals surface area (Å²) >= 11 is 0. The molecule has 2 aromatic carbocycles. The second kappa shape index (κ2) is 5.81. The predicted molar refractivity (Wildman–Crippen MR) is 88.1 cm³/mol. The molecule has 0 bridgehead atoms. The Morgan fingerprint density at radius 3 is 2.91 bits per heavy atom. The molecule has 0 aliphatic heterocycles. The van der Waals surface area contributed by atoms with Gasteiger partial charge in [-0.15, -0.1) is 0 Å². The zero-order chi connectivity index (χ0) is 15.5. The van der Waals surface area contributed by atoms with Gasteiger partial charge in [0.1, 0.15) is 11.5 Å². The monoisotopic (exact) mass is 295 g/mol. The third-order valence-electron chi connectivity index (χ3n) is 3.58. The molecule has 4 N–H and O–H groups in total. The highest BCUT2D eigenvalue weighted by atomic mass is 16.5. The van der Waals surface area contributed by atoms with Crippen molar-refractivity contribution in [1.82, 2.24) is 4.98 Å². The van der Waals surface area contributed by atoms with Gasteiger partial charge in [0.25, 0.3) is 0 Å². The molecule has 0 saturated carbocycles. The third kappa shape index (κ3) is 2.61. The number of pyridine rings is 1. The van der Waals surface area contributed by atoms with E-state index in [0.717, 1.165) is 22.2 Å². The molecule has 1 aromatic heterocycles. The quantitative estimate of drug-likeness (QED) is 0.644. The maximum absolute atomic E-state index is 9.91. The van der Waals surface area contributed by atoms with Gasteiger partial charge in [0.2, 0.25) is 0 Å². The SMILES string of the molecule is COc1ccc(O)c(CNc2ccc3ncccc3c2N)c1. The molecule has 0 atom stereocenters. The van der Waals surface area contributed by atoms with Crippen molar-refractivity contribution in [1.29, 1.82) is 0 Å². The molecule has 0 saturated heterocycles. The van der Waals surface area contributed by atoms with Crippen molar-refractivity contribution in [2.24, 2.45) is 0 Å². The minimum Gasteiger partial charge on any atom is -0.508 e. The van der Waals surface area contributed by atoms with Crippen molar-refractivity contribution in [2.75, 3.05) is 18.2 Å². The van der Waals surface area contributed by atoms with Crippen LogP contribution in [0.4, 0.5) is 11.4 Å². The lowest BCUT2D eigenvalue weighted by Crippen LogP contribution is -2.03. The van der Waals surface area contributed by atoms with Crippen LogP contribution in [0.15, 0.2) is 48.7 Å². The van der Waals surface area contributed by atoms with Gasteiger partial charge >= 0.3 is 0 Å². The number of methoxy groups -OCH3 is 1. The largest absolute Gasteiger partial charge is 0.508 e. The molecule has 0 radical (unpaired) electrons. The molecule has 0 fully saturated rings. The number of aromatic nitrogens is 1. The van der Waals surface area contributed by atoms with Gasteiger partial charge in [-0.3, -0.25) is 4.98 Å². The van der Waals surface area contributed by atoms with E-state index < -0.39 is 0 Å². The Hall–Kier alpha value is -2.95. The number of aromatic hydroxyl groups is 1. The van der Waals surface area contributed by atoms with E-state index in [0.29, 0.717) is 18.0 Å². The second-order valence-electron chi connectivity index (χ2n) is 4.95. The summed E-state index contributed by atoms with van der Waals surface area (Å²) in [6.45, 7) is 0.443. The molecule has 1 heterocycles. The second-order valence-corrected chi connectivity index (χ2v) is 4.95. The summed E-state index contributed by atoms with van der Waals surface area (Å²) < 4.78 is 5.17. The summed E-state index contributed by atoms with van der Waals surface area (Å²) in [7, 11) is 1.60. The summed E-state index contributed by atoms with van der Waals surface area (Å²) in [6.07, 6.45) is 1.74. The number of benzene rings is 2. The lowest BCUT2D eigenvalue weighted by molar-refractivity contribution is 0.411. The Labute approximate surface area is 128 Å². The number of rotatable bonds is 4. The Morgan fingerprint density at radius 2 is 2.09 bits per heavy atom. The highest BCUT2D eigenvalue weighted by Crippen LogP contribution is 2.29. The van der Waals surface area contributed by atoms with Gasteiger partial charge in [-0.2, -0.15) is 0 Å². The average molecular weight is 295 g/mol. The number of phenols is 1. The minimum atomic E-state index is 0.217. The highest BCUT2D eigenvalue weighted by molar-refractivity contribution is 5.96. The first kappa shape index (κ1) is 14.0. The Balaban J connectivity index is 1.86. The lowest BCUT2D eigenvalue weighted by atomic mass is 10.1. The van der Waals surface area contributed by atoms with Crippen LogP contribution in [0.25, 0.3) is 10.9 Å². The molecule has 0 aliphatic carbocycles. The molecular weight excluding hydrogens is 278 g/mol. The Bertz CT molecular complexity index is 818. The summed E-state index contributed by atoms with van der Waals surface area (Å²) in [5.74, 6) is 0.916. The summed E-state index contributed by atoms with van der Waals surface area (Å²) in [5.41, 5.74) is 9.24. The van der Waals surface area contributed by atoms with E-state index in [9.17, 15) is 5.11 Å². The van der Waals surface area contributed by atoms with Crippen LogP contribution in [0.2, 0.25) is 0 Å². The first-order chi connectivity index (χ1) is 10.7. The minimum absolute atomic E-state index is 0.217. The van der Waals surface area contributed by atoms with Gasteiger partial charge in [-0.1, -0.05) is 0 Å². The van der Waals surface area contributed by atoms with E-state index >= 15 is 0 Å². The first-order valence-electron chi connectivity index (χ1n) is 6.92. The predicted octanol–water partition coefficient (Wildman–Crippen LogP) is 3.14. The number of hydrogen-bond acceptors (Lipinski definition) is 5. The van der Waals surface area contributed by atoms with Crippen molar-refractivity contribution < 1.29 is 9.84 Å². The van der Waals surface area contributed by atoms with E-state index in [1.54, 1.807) is 31.5 Å². The van der Waals surface area contributed by atoms with Crippen LogP contribution < -0.4 is 15.8 Å². The van der Waals surface area contributed by atoms with Crippen LogP contribution in [0.3, 0.4) is 0 Å². The molecule has 22 heavy (non-hydrogen) atoms. The van der Waals surface area contributed by atoms with Crippen LogP contribution in [0.1, 0.15) is 5.56 Å². The number of phenolic OH excluding ortho intramolecular Hbond substituents is 1. The summed E-state index contributed by atoms with van der Waals surface area (Å²) in [4.78, 5) is 4.27. The number of hydrogen-bond donors (Lipinski definition) is 3. The van der Waals surface area contributed by atoms with Gasteiger partial charge in [0.05, 0.1) is 24.0 Å². The maximum atomic E-state index is 9.91. The van der Waals surface area contributed by atoms with Gasteiger partial charge in [0.15, 0.2) is 0 Å². The van der Waals surface area contributed by atoms with E-state index in [4.69, 9.17) is 10.5 Å². The van der Waals surface area contributed by atoms with Gasteiger partial charge in [-0.25, -0.2) is 0 Å². The maximum Gasteiger partial charge on any atom is 0.120 e. The molecule has 0 unspecified atom stereocenters. The van der Waals surface area contributed by atoms with Gasteiger partial charge in [0, 0.05) is 23.7 Å². The van der Waals surface area contributed by atoms with Crippen LogP contribution in [-0.4, -0.2) is 17.2 Å². The topological polar surface area (TPSA) is 80.4 Å². The van der Waals surface area contributed by atoms with Crippen molar-refractivity contribution in [3.8, 4) is 11.5 Å². The van der Waals surface area contributed by atoms with E-state index in [1.807, 2.05) is 24.3 Å². The number of anilines is 2. The highest BCUT2D eigenvalue weighted by Gasteiger charge is 2.07. The van der Waals surface area contributed by atoms with Crippen LogP contribution in [0, 0.1) is 0 Å². The van der Waals surface area contributed by atoms with Crippen molar-refractivity contribution in [2.45, 2.75) is 6.54 Å². The lowest BCUT2D eigenvalue weighted by Gasteiger charge is -2.13. The molecule has 0 aliphatic rings. The fourth-order valence-electron chi connectivity index (χ4n) is 2.35. The molecule has 112 valence electrons. The van der Waals surface area contributed by atoms with Crippen LogP contribution in [-0.2, 0) is 6.54 Å².